The highest BCUT2D eigenvalue weighted by molar-refractivity contribution is 5.69. The number of anilines is 1. The van der Waals surface area contributed by atoms with E-state index >= 15 is 0 Å². The molecule has 1 aromatic heterocycles. The minimum absolute atomic E-state index is 0.238. The molecular formula is C13H20N4O2. The number of carbonyl (C=O) groups excluding carboxylic acids is 1. The number of ether oxygens (including phenoxy) is 1. The normalized spacial score (nSPS) is 19.4. The largest absolute Gasteiger partial charge is 0.469 e. The van der Waals surface area contributed by atoms with Gasteiger partial charge in [-0.3, -0.25) is 4.79 Å². The van der Waals surface area contributed by atoms with Gasteiger partial charge in [0, 0.05) is 31.4 Å². The van der Waals surface area contributed by atoms with E-state index in [1.807, 2.05) is 12.4 Å². The minimum Gasteiger partial charge on any atom is -0.469 e. The number of hydrogen-bond acceptors (Lipinski definition) is 6. The van der Waals surface area contributed by atoms with Crippen molar-refractivity contribution >= 4 is 11.9 Å². The van der Waals surface area contributed by atoms with Gasteiger partial charge in [-0.25, -0.2) is 9.97 Å². The lowest BCUT2D eigenvalue weighted by molar-refractivity contribution is -0.140. The van der Waals surface area contributed by atoms with Crippen molar-refractivity contribution in [3.63, 3.8) is 0 Å². The van der Waals surface area contributed by atoms with Gasteiger partial charge in [0.2, 0.25) is 5.95 Å². The van der Waals surface area contributed by atoms with Crippen molar-refractivity contribution in [1.82, 2.24) is 14.9 Å². The topological polar surface area (TPSA) is 67.3 Å². The van der Waals surface area contributed by atoms with E-state index in [1.165, 1.54) is 12.7 Å². The molecule has 1 atom stereocenters. The van der Waals surface area contributed by atoms with Gasteiger partial charge >= 0.3 is 5.97 Å². The zero-order chi connectivity index (χ0) is 13.7. The second-order valence-corrected chi connectivity index (χ2v) is 4.84. The molecular weight excluding hydrogens is 244 g/mol. The van der Waals surface area contributed by atoms with Crippen molar-refractivity contribution in [2.45, 2.75) is 18.8 Å². The number of aromatic nitrogens is 2. The van der Waals surface area contributed by atoms with Gasteiger partial charge < -0.3 is 15.0 Å². The molecule has 2 rings (SSSR count). The Morgan fingerprint density at radius 1 is 1.53 bits per heavy atom. The van der Waals surface area contributed by atoms with Crippen molar-refractivity contribution < 1.29 is 9.53 Å². The van der Waals surface area contributed by atoms with E-state index in [9.17, 15) is 4.79 Å². The summed E-state index contributed by atoms with van der Waals surface area (Å²) < 4.78 is 4.56. The maximum atomic E-state index is 11.0. The maximum Gasteiger partial charge on any atom is 0.307 e. The predicted molar refractivity (Wildman–Crippen MR) is 72.0 cm³/mol. The summed E-state index contributed by atoms with van der Waals surface area (Å²) >= 11 is 0. The first-order chi connectivity index (χ1) is 9.19. The number of likely N-dealkylation sites (tertiary alicyclic amines) is 1. The van der Waals surface area contributed by atoms with Crippen LogP contribution in [0.3, 0.4) is 0 Å². The van der Waals surface area contributed by atoms with Crippen LogP contribution in [0.5, 0.6) is 0 Å². The highest BCUT2D eigenvalue weighted by Crippen LogP contribution is 2.25. The Labute approximate surface area is 113 Å². The van der Waals surface area contributed by atoms with Crippen molar-refractivity contribution in [3.05, 3.63) is 18.0 Å². The summed E-state index contributed by atoms with van der Waals surface area (Å²) in [7, 11) is 3.51. The van der Waals surface area contributed by atoms with Gasteiger partial charge in [0.05, 0.1) is 13.5 Å². The number of nitrogens with one attached hydrogen (secondary N) is 1. The zero-order valence-electron chi connectivity index (χ0n) is 11.4. The van der Waals surface area contributed by atoms with E-state index in [1.54, 1.807) is 0 Å². The average Bonchev–Trinajstić information content (AvgIpc) is 2.86. The molecule has 0 radical (unpaired) electrons. The van der Waals surface area contributed by atoms with Gasteiger partial charge in [-0.1, -0.05) is 0 Å². The standard InChI is InChI=1S/C13H20N4O2/c1-17-6-4-10(9-17)11-7-15-13(16-8-11)14-5-3-12(18)19-2/h7-8,10H,3-6,9H2,1-2H3,(H,14,15,16). The van der Waals surface area contributed by atoms with Crippen molar-refractivity contribution in [1.29, 1.82) is 0 Å². The maximum absolute atomic E-state index is 11.0. The van der Waals surface area contributed by atoms with Crippen LogP contribution in [0.1, 0.15) is 24.3 Å². The monoisotopic (exact) mass is 264 g/mol. The molecule has 0 saturated carbocycles. The van der Waals surface area contributed by atoms with Crippen molar-refractivity contribution in [2.24, 2.45) is 0 Å². The Kier molecular flexibility index (Phi) is 4.68. The van der Waals surface area contributed by atoms with Crippen molar-refractivity contribution in [2.75, 3.05) is 39.1 Å². The van der Waals surface area contributed by atoms with Crippen LogP contribution in [0.4, 0.5) is 5.95 Å². The summed E-state index contributed by atoms with van der Waals surface area (Å²) in [5, 5.41) is 3.00. The number of esters is 1. The highest BCUT2D eigenvalue weighted by Gasteiger charge is 2.21. The summed E-state index contributed by atoms with van der Waals surface area (Å²) in [6.07, 6.45) is 5.22. The lowest BCUT2D eigenvalue weighted by atomic mass is 10.0. The molecule has 1 aliphatic heterocycles. The van der Waals surface area contributed by atoms with Crippen LogP contribution in [0, 0.1) is 0 Å². The summed E-state index contributed by atoms with van der Waals surface area (Å²) in [5.74, 6) is 0.853. The van der Waals surface area contributed by atoms with Gasteiger partial charge in [0.15, 0.2) is 0 Å². The quantitative estimate of drug-likeness (QED) is 0.796. The summed E-state index contributed by atoms with van der Waals surface area (Å²) in [4.78, 5) is 21.8. The van der Waals surface area contributed by atoms with E-state index in [-0.39, 0.29) is 5.97 Å². The first-order valence-electron chi connectivity index (χ1n) is 6.50. The Morgan fingerprint density at radius 2 is 2.26 bits per heavy atom. The third-order valence-corrected chi connectivity index (χ3v) is 3.37. The lowest BCUT2D eigenvalue weighted by Crippen LogP contribution is -2.14. The molecule has 104 valence electrons. The number of rotatable bonds is 5. The van der Waals surface area contributed by atoms with Gasteiger partial charge in [0.25, 0.3) is 0 Å². The van der Waals surface area contributed by atoms with Crippen molar-refractivity contribution in [3.8, 4) is 0 Å². The molecule has 0 bridgehead atoms. The Bertz CT molecular complexity index is 421. The Morgan fingerprint density at radius 3 is 2.84 bits per heavy atom. The van der Waals surface area contributed by atoms with Gasteiger partial charge in [0.1, 0.15) is 0 Å². The molecule has 0 spiro atoms. The molecule has 0 amide bonds. The molecule has 1 N–H and O–H groups in total. The second kappa shape index (κ2) is 6.47. The minimum atomic E-state index is -0.238. The molecule has 6 heteroatoms. The number of hydrogen-bond donors (Lipinski definition) is 1. The molecule has 1 unspecified atom stereocenters. The number of likely N-dealkylation sites (N-methyl/N-ethyl adjacent to an activating group) is 1. The van der Waals surface area contributed by atoms with E-state index in [0.29, 0.717) is 24.8 Å². The van der Waals surface area contributed by atoms with Gasteiger partial charge in [-0.05, 0) is 25.6 Å². The van der Waals surface area contributed by atoms with Gasteiger partial charge in [-0.2, -0.15) is 0 Å². The third-order valence-electron chi connectivity index (χ3n) is 3.37. The molecule has 1 aliphatic rings. The SMILES string of the molecule is COC(=O)CCNc1ncc(C2CCN(C)C2)cn1. The number of methoxy groups -OCH3 is 1. The van der Waals surface area contributed by atoms with Crippen LogP contribution in [0.25, 0.3) is 0 Å². The molecule has 6 nitrogen and oxygen atoms in total. The molecule has 1 aromatic rings. The fourth-order valence-corrected chi connectivity index (χ4v) is 2.23. The average molecular weight is 264 g/mol. The highest BCUT2D eigenvalue weighted by atomic mass is 16.5. The fraction of sp³-hybridized carbons (Fsp3) is 0.615. The predicted octanol–water partition coefficient (Wildman–Crippen LogP) is 0.871. The van der Waals surface area contributed by atoms with Gasteiger partial charge in [-0.15, -0.1) is 0 Å². The third kappa shape index (κ3) is 3.89. The van der Waals surface area contributed by atoms with E-state index in [0.717, 1.165) is 19.5 Å². The van der Waals surface area contributed by atoms with Crippen LogP contribution < -0.4 is 5.32 Å². The molecule has 1 saturated heterocycles. The van der Waals surface area contributed by atoms with Crippen LogP contribution in [0.15, 0.2) is 12.4 Å². The molecule has 2 heterocycles. The molecule has 19 heavy (non-hydrogen) atoms. The first kappa shape index (κ1) is 13.7. The lowest BCUT2D eigenvalue weighted by Gasteiger charge is -2.10. The summed E-state index contributed by atoms with van der Waals surface area (Å²) in [5.41, 5.74) is 1.18. The van der Waals surface area contributed by atoms with E-state index in [4.69, 9.17) is 0 Å². The number of nitrogens with zero attached hydrogens (tertiary/aromatic N) is 3. The van der Waals surface area contributed by atoms with Crippen LogP contribution in [0.2, 0.25) is 0 Å². The van der Waals surface area contributed by atoms with E-state index < -0.39 is 0 Å². The Hall–Kier alpha value is -1.69. The Balaban J connectivity index is 1.83. The van der Waals surface area contributed by atoms with Crippen LogP contribution in [-0.4, -0.2) is 54.6 Å². The summed E-state index contributed by atoms with van der Waals surface area (Å²) in [6.45, 7) is 2.68. The molecule has 0 aliphatic carbocycles. The number of carbonyl (C=O) groups is 1. The second-order valence-electron chi connectivity index (χ2n) is 4.84. The summed E-state index contributed by atoms with van der Waals surface area (Å²) in [6, 6.07) is 0. The van der Waals surface area contributed by atoms with Crippen LogP contribution in [-0.2, 0) is 9.53 Å². The molecule has 0 aromatic carbocycles. The molecule has 1 fully saturated rings. The fourth-order valence-electron chi connectivity index (χ4n) is 2.23. The first-order valence-corrected chi connectivity index (χ1v) is 6.50. The zero-order valence-corrected chi connectivity index (χ0v) is 11.4. The smallest absolute Gasteiger partial charge is 0.307 e. The van der Waals surface area contributed by atoms with E-state index in [2.05, 4.69) is 32.0 Å². The van der Waals surface area contributed by atoms with Crippen LogP contribution >= 0.6 is 0 Å².